The number of hydrogen-bond acceptors (Lipinski definition) is 5. The molecular weight excluding hydrogens is 430 g/mol. The quantitative estimate of drug-likeness (QED) is 0.702. The first-order chi connectivity index (χ1) is 16.1. The molecule has 2 aromatic rings. The number of carbonyl (C=O) groups excluding carboxylic acids is 1. The molecule has 33 heavy (non-hydrogen) atoms. The van der Waals surface area contributed by atoms with E-state index in [4.69, 9.17) is 9.47 Å². The van der Waals surface area contributed by atoms with Crippen LogP contribution in [0.2, 0.25) is 0 Å². The van der Waals surface area contributed by atoms with Crippen LogP contribution < -0.4 is 0 Å². The highest BCUT2D eigenvalue weighted by atomic mass is 19.1. The fourth-order valence-corrected chi connectivity index (χ4v) is 5.02. The molecule has 2 atom stereocenters. The predicted octanol–water partition coefficient (Wildman–Crippen LogP) is 3.04. The molecule has 7 nitrogen and oxygen atoms in total. The molecule has 2 saturated heterocycles. The molecule has 5 rings (SSSR count). The second kappa shape index (κ2) is 9.87. The summed E-state index contributed by atoms with van der Waals surface area (Å²) in [4.78, 5) is 16.7. The van der Waals surface area contributed by atoms with Gasteiger partial charge in [0.1, 0.15) is 18.2 Å². The van der Waals surface area contributed by atoms with E-state index in [-0.39, 0.29) is 18.5 Å². The SMILES string of the molecule is O=C(Cn1cc2c(n1)CN([C@@H]1CCCC[C@@H](c3cc(F)ccc3F)OC1)C2)N1CCOCC1. The fourth-order valence-electron chi connectivity index (χ4n) is 5.02. The van der Waals surface area contributed by atoms with E-state index in [0.29, 0.717) is 51.4 Å². The summed E-state index contributed by atoms with van der Waals surface area (Å²) < 4.78 is 41.1. The molecule has 0 unspecified atom stereocenters. The van der Waals surface area contributed by atoms with Crippen LogP contribution >= 0.6 is 0 Å². The summed E-state index contributed by atoms with van der Waals surface area (Å²) in [6.45, 7) is 4.64. The highest BCUT2D eigenvalue weighted by molar-refractivity contribution is 5.76. The van der Waals surface area contributed by atoms with Gasteiger partial charge >= 0.3 is 0 Å². The fraction of sp³-hybridized carbons (Fsp3) is 0.583. The molecule has 0 saturated carbocycles. The third-order valence-corrected chi connectivity index (χ3v) is 6.88. The maximum Gasteiger partial charge on any atom is 0.244 e. The van der Waals surface area contributed by atoms with Crippen LogP contribution in [0.4, 0.5) is 8.78 Å². The lowest BCUT2D eigenvalue weighted by Gasteiger charge is -2.32. The first-order valence-electron chi connectivity index (χ1n) is 11.8. The molecule has 3 aliphatic heterocycles. The number of fused-ring (bicyclic) bond motifs is 1. The lowest BCUT2D eigenvalue weighted by molar-refractivity contribution is -0.136. The molecule has 3 aliphatic rings. The van der Waals surface area contributed by atoms with Crippen molar-refractivity contribution in [2.24, 2.45) is 0 Å². The summed E-state index contributed by atoms with van der Waals surface area (Å²) in [5.41, 5.74) is 2.45. The minimum absolute atomic E-state index is 0.0698. The Morgan fingerprint density at radius 1 is 1.12 bits per heavy atom. The van der Waals surface area contributed by atoms with Crippen LogP contribution in [-0.4, -0.2) is 64.4 Å². The van der Waals surface area contributed by atoms with Crippen LogP contribution in [0, 0.1) is 11.6 Å². The first-order valence-corrected chi connectivity index (χ1v) is 11.8. The number of ether oxygens (including phenoxy) is 2. The Kier molecular flexibility index (Phi) is 6.71. The highest BCUT2D eigenvalue weighted by Gasteiger charge is 2.31. The van der Waals surface area contributed by atoms with E-state index >= 15 is 0 Å². The van der Waals surface area contributed by atoms with Gasteiger partial charge in [0.05, 0.1) is 31.6 Å². The van der Waals surface area contributed by atoms with Crippen LogP contribution in [0.5, 0.6) is 0 Å². The van der Waals surface area contributed by atoms with Crippen molar-refractivity contribution in [1.82, 2.24) is 19.6 Å². The standard InChI is InChI=1S/C24H30F2N4O3/c25-18-5-6-21(26)20(11-18)23-4-2-1-3-19(16-33-23)29-12-17-13-30(27-22(17)14-29)15-24(31)28-7-9-32-10-8-28/h5-6,11,13,19,23H,1-4,7-10,12,14-16H2/t19-,23+/m1/s1. The largest absolute Gasteiger partial charge is 0.378 e. The summed E-state index contributed by atoms with van der Waals surface area (Å²) in [6, 6.07) is 3.76. The number of benzene rings is 1. The Bertz CT molecular complexity index is 969. The molecule has 1 aromatic carbocycles. The van der Waals surface area contributed by atoms with Crippen LogP contribution in [-0.2, 0) is 33.9 Å². The number of rotatable bonds is 4. The number of amides is 1. The Morgan fingerprint density at radius 3 is 2.76 bits per heavy atom. The van der Waals surface area contributed by atoms with Gasteiger partial charge in [-0.1, -0.05) is 12.8 Å². The first kappa shape index (κ1) is 22.4. The van der Waals surface area contributed by atoms with E-state index in [1.54, 1.807) is 4.68 Å². The summed E-state index contributed by atoms with van der Waals surface area (Å²) in [6.07, 6.45) is 5.16. The van der Waals surface area contributed by atoms with Gasteiger partial charge in [-0.25, -0.2) is 8.78 Å². The van der Waals surface area contributed by atoms with E-state index in [1.807, 2.05) is 11.1 Å². The molecule has 0 radical (unpaired) electrons. The normalized spacial score (nSPS) is 24.4. The smallest absolute Gasteiger partial charge is 0.244 e. The second-order valence-electron chi connectivity index (χ2n) is 9.12. The summed E-state index contributed by atoms with van der Waals surface area (Å²) in [5, 5.41) is 4.66. The van der Waals surface area contributed by atoms with E-state index in [1.165, 1.54) is 12.1 Å². The Hall–Kier alpha value is -2.36. The zero-order valence-corrected chi connectivity index (χ0v) is 18.7. The number of hydrogen-bond donors (Lipinski definition) is 0. The molecule has 178 valence electrons. The van der Waals surface area contributed by atoms with Crippen molar-refractivity contribution < 1.29 is 23.0 Å². The van der Waals surface area contributed by atoms with E-state index in [2.05, 4.69) is 10.00 Å². The summed E-state index contributed by atoms with van der Waals surface area (Å²) >= 11 is 0. The monoisotopic (exact) mass is 460 g/mol. The summed E-state index contributed by atoms with van der Waals surface area (Å²) in [7, 11) is 0. The highest BCUT2D eigenvalue weighted by Crippen LogP contribution is 2.32. The molecule has 0 spiro atoms. The lowest BCUT2D eigenvalue weighted by atomic mass is 9.98. The minimum atomic E-state index is -0.442. The third-order valence-electron chi connectivity index (χ3n) is 6.88. The molecule has 1 aromatic heterocycles. The molecule has 4 heterocycles. The number of aromatic nitrogens is 2. The number of carbonyl (C=O) groups is 1. The van der Waals surface area contributed by atoms with Crippen LogP contribution in [0.3, 0.4) is 0 Å². The van der Waals surface area contributed by atoms with Crippen LogP contribution in [0.15, 0.2) is 24.4 Å². The van der Waals surface area contributed by atoms with Gasteiger partial charge in [0.2, 0.25) is 5.91 Å². The van der Waals surface area contributed by atoms with Crippen molar-refractivity contribution in [3.05, 3.63) is 52.9 Å². The molecule has 1 amide bonds. The van der Waals surface area contributed by atoms with Crippen molar-refractivity contribution >= 4 is 5.91 Å². The zero-order chi connectivity index (χ0) is 22.8. The third kappa shape index (κ3) is 5.10. The Balaban J connectivity index is 1.18. The Labute approximate surface area is 192 Å². The van der Waals surface area contributed by atoms with Crippen molar-refractivity contribution in [3.63, 3.8) is 0 Å². The topological polar surface area (TPSA) is 59.8 Å². The molecular formula is C24H30F2N4O3. The van der Waals surface area contributed by atoms with Crippen molar-refractivity contribution in [2.75, 3.05) is 32.9 Å². The van der Waals surface area contributed by atoms with Crippen molar-refractivity contribution in [1.29, 1.82) is 0 Å². The molecule has 0 bridgehead atoms. The van der Waals surface area contributed by atoms with E-state index in [9.17, 15) is 13.6 Å². The molecule has 2 fully saturated rings. The van der Waals surface area contributed by atoms with E-state index in [0.717, 1.165) is 43.1 Å². The lowest BCUT2D eigenvalue weighted by Crippen LogP contribution is -2.42. The van der Waals surface area contributed by atoms with Gasteiger partial charge in [-0.05, 0) is 31.0 Å². The maximum absolute atomic E-state index is 14.3. The van der Waals surface area contributed by atoms with Gasteiger partial charge in [0.25, 0.3) is 0 Å². The summed E-state index contributed by atoms with van der Waals surface area (Å²) in [5.74, 6) is -0.789. The molecule has 0 aliphatic carbocycles. The Morgan fingerprint density at radius 2 is 1.94 bits per heavy atom. The van der Waals surface area contributed by atoms with Gasteiger partial charge in [-0.2, -0.15) is 5.10 Å². The van der Waals surface area contributed by atoms with Gasteiger partial charge in [-0.15, -0.1) is 0 Å². The van der Waals surface area contributed by atoms with Crippen LogP contribution in [0.25, 0.3) is 0 Å². The maximum atomic E-state index is 14.3. The van der Waals surface area contributed by atoms with E-state index < -0.39 is 17.7 Å². The van der Waals surface area contributed by atoms with Crippen LogP contribution in [0.1, 0.15) is 48.6 Å². The van der Waals surface area contributed by atoms with Gasteiger partial charge in [0, 0.05) is 49.5 Å². The van der Waals surface area contributed by atoms with Gasteiger partial charge in [-0.3, -0.25) is 14.4 Å². The average Bonchev–Trinajstić information content (AvgIpc) is 3.35. The molecule has 9 heteroatoms. The molecule has 0 N–H and O–H groups in total. The second-order valence-corrected chi connectivity index (χ2v) is 9.12. The van der Waals surface area contributed by atoms with Crippen molar-refractivity contribution in [2.45, 2.75) is 57.5 Å². The average molecular weight is 461 g/mol. The zero-order valence-electron chi connectivity index (χ0n) is 18.7. The minimum Gasteiger partial charge on any atom is -0.378 e. The number of morpholine rings is 1. The van der Waals surface area contributed by atoms with Crippen molar-refractivity contribution in [3.8, 4) is 0 Å². The number of halogens is 2. The predicted molar refractivity (Wildman–Crippen MR) is 116 cm³/mol. The van der Waals surface area contributed by atoms with Gasteiger partial charge in [0.15, 0.2) is 0 Å². The van der Waals surface area contributed by atoms with Gasteiger partial charge < -0.3 is 14.4 Å². The number of nitrogens with zero attached hydrogens (tertiary/aromatic N) is 4.